The molecule has 0 saturated heterocycles. The molecule has 0 aliphatic rings. The van der Waals surface area contributed by atoms with Gasteiger partial charge in [-0.1, -0.05) is 16.8 Å². The minimum Gasteiger partial charge on any atom is -0.351 e. The van der Waals surface area contributed by atoms with Gasteiger partial charge in [0.2, 0.25) is 11.5 Å². The molecule has 0 atom stereocenters. The predicted octanol–water partition coefficient (Wildman–Crippen LogP) is 4.83. The summed E-state index contributed by atoms with van der Waals surface area (Å²) in [6.07, 6.45) is -4.72. The topological polar surface area (TPSA) is 72.2 Å². The van der Waals surface area contributed by atoms with E-state index in [9.17, 15) is 22.8 Å². The number of hydrogen-bond acceptors (Lipinski definition) is 4. The van der Waals surface area contributed by atoms with E-state index in [2.05, 4.69) is 15.0 Å². The van der Waals surface area contributed by atoms with Crippen molar-refractivity contribution in [1.82, 2.24) is 5.16 Å². The van der Waals surface area contributed by atoms with Crippen molar-refractivity contribution in [3.8, 4) is 0 Å². The Labute approximate surface area is 155 Å². The lowest BCUT2D eigenvalue weighted by atomic mass is 10.1. The van der Waals surface area contributed by atoms with Crippen molar-refractivity contribution in [2.45, 2.75) is 6.18 Å². The Balaban J connectivity index is 1.71. The lowest BCUT2D eigenvalue weighted by Gasteiger charge is -2.06. The number of alkyl halides is 3. The maximum Gasteiger partial charge on any atom is 0.452 e. The Morgan fingerprint density at radius 1 is 0.963 bits per heavy atom. The first kappa shape index (κ1) is 18.7. The van der Waals surface area contributed by atoms with E-state index in [4.69, 9.17) is 11.6 Å². The number of carbonyl (C=O) groups excluding carboxylic acids is 2. The number of amides is 1. The van der Waals surface area contributed by atoms with Gasteiger partial charge in [-0.05, 0) is 48.5 Å². The van der Waals surface area contributed by atoms with Crippen molar-refractivity contribution in [1.29, 1.82) is 0 Å². The SMILES string of the molecule is O=C(Nc1ccc(C(=O)c2cc(C(F)(F)F)on2)cc1)c1ccc(Cl)cc1. The van der Waals surface area contributed by atoms with E-state index in [1.165, 1.54) is 24.3 Å². The van der Waals surface area contributed by atoms with Gasteiger partial charge >= 0.3 is 6.18 Å². The van der Waals surface area contributed by atoms with Crippen molar-refractivity contribution in [2.24, 2.45) is 0 Å². The number of rotatable bonds is 4. The van der Waals surface area contributed by atoms with E-state index in [-0.39, 0.29) is 11.5 Å². The monoisotopic (exact) mass is 394 g/mol. The normalized spacial score (nSPS) is 11.3. The smallest absolute Gasteiger partial charge is 0.351 e. The first-order chi connectivity index (χ1) is 12.7. The van der Waals surface area contributed by atoms with Gasteiger partial charge < -0.3 is 9.84 Å². The molecule has 27 heavy (non-hydrogen) atoms. The summed E-state index contributed by atoms with van der Waals surface area (Å²) < 4.78 is 41.7. The van der Waals surface area contributed by atoms with Crippen molar-refractivity contribution in [2.75, 3.05) is 5.32 Å². The summed E-state index contributed by atoms with van der Waals surface area (Å²) in [5.41, 5.74) is 0.436. The molecule has 138 valence electrons. The second kappa shape index (κ2) is 7.24. The Bertz CT molecular complexity index is 980. The van der Waals surface area contributed by atoms with E-state index in [0.717, 1.165) is 0 Å². The number of carbonyl (C=O) groups is 2. The fraction of sp³-hybridized carbons (Fsp3) is 0.0556. The second-order valence-electron chi connectivity index (χ2n) is 5.44. The summed E-state index contributed by atoms with van der Waals surface area (Å²) in [6.45, 7) is 0. The van der Waals surface area contributed by atoms with Gasteiger partial charge in [0.15, 0.2) is 5.69 Å². The third-order valence-electron chi connectivity index (χ3n) is 3.53. The maximum atomic E-state index is 12.5. The zero-order chi connectivity index (χ0) is 19.6. The fourth-order valence-corrected chi connectivity index (χ4v) is 2.30. The van der Waals surface area contributed by atoms with Crippen molar-refractivity contribution < 1.29 is 27.3 Å². The zero-order valence-corrected chi connectivity index (χ0v) is 14.1. The number of nitrogens with one attached hydrogen (secondary N) is 1. The van der Waals surface area contributed by atoms with E-state index >= 15 is 0 Å². The Hall–Kier alpha value is -3.13. The maximum absolute atomic E-state index is 12.5. The van der Waals surface area contributed by atoms with Crippen LogP contribution in [0.25, 0.3) is 0 Å². The highest BCUT2D eigenvalue weighted by molar-refractivity contribution is 6.30. The number of nitrogens with zero attached hydrogens (tertiary/aromatic N) is 1. The summed E-state index contributed by atoms with van der Waals surface area (Å²) >= 11 is 5.76. The molecule has 3 rings (SSSR count). The number of halogens is 4. The Kier molecular flexibility index (Phi) is 5.00. The van der Waals surface area contributed by atoms with Crippen LogP contribution in [-0.4, -0.2) is 16.8 Å². The molecule has 1 amide bonds. The van der Waals surface area contributed by atoms with Gasteiger partial charge in [-0.2, -0.15) is 13.2 Å². The molecule has 0 radical (unpaired) electrons. The molecule has 9 heteroatoms. The van der Waals surface area contributed by atoms with Gasteiger partial charge in [0.1, 0.15) is 0 Å². The molecule has 5 nitrogen and oxygen atoms in total. The largest absolute Gasteiger partial charge is 0.452 e. The number of hydrogen-bond donors (Lipinski definition) is 1. The lowest BCUT2D eigenvalue weighted by molar-refractivity contribution is -0.155. The van der Waals surface area contributed by atoms with Gasteiger partial charge in [-0.3, -0.25) is 9.59 Å². The van der Waals surface area contributed by atoms with E-state index in [1.807, 2.05) is 0 Å². The molecule has 0 aliphatic heterocycles. The van der Waals surface area contributed by atoms with Crippen LogP contribution >= 0.6 is 11.6 Å². The van der Waals surface area contributed by atoms with Crippen LogP contribution in [0.4, 0.5) is 18.9 Å². The number of aromatic nitrogens is 1. The van der Waals surface area contributed by atoms with Gasteiger partial charge in [-0.25, -0.2) is 0 Å². The number of anilines is 1. The summed E-state index contributed by atoms with van der Waals surface area (Å²) in [4.78, 5) is 24.3. The molecule has 1 heterocycles. The van der Waals surface area contributed by atoms with Gasteiger partial charge in [0.05, 0.1) is 0 Å². The van der Waals surface area contributed by atoms with Crippen molar-refractivity contribution in [3.05, 3.63) is 82.2 Å². The highest BCUT2D eigenvalue weighted by Gasteiger charge is 2.36. The molecular formula is C18H10ClF3N2O3. The van der Waals surface area contributed by atoms with Crippen LogP contribution < -0.4 is 5.32 Å². The quantitative estimate of drug-likeness (QED) is 0.643. The number of benzene rings is 2. The third-order valence-corrected chi connectivity index (χ3v) is 3.79. The minimum atomic E-state index is -4.72. The molecule has 0 saturated carbocycles. The first-order valence-electron chi connectivity index (χ1n) is 7.49. The van der Waals surface area contributed by atoms with Gasteiger partial charge in [0, 0.05) is 27.9 Å². The third kappa shape index (κ3) is 4.35. The second-order valence-corrected chi connectivity index (χ2v) is 5.88. The molecule has 0 unspecified atom stereocenters. The Morgan fingerprint density at radius 2 is 1.56 bits per heavy atom. The highest BCUT2D eigenvalue weighted by atomic mass is 35.5. The van der Waals surface area contributed by atoms with E-state index in [0.29, 0.717) is 22.3 Å². The number of ketones is 1. The molecule has 1 aromatic heterocycles. The molecule has 0 fully saturated rings. The van der Waals surface area contributed by atoms with Gasteiger partial charge in [-0.15, -0.1) is 0 Å². The molecular weight excluding hydrogens is 385 g/mol. The predicted molar refractivity (Wildman–Crippen MR) is 90.8 cm³/mol. The van der Waals surface area contributed by atoms with Crippen LogP contribution in [0.1, 0.15) is 32.2 Å². The molecule has 2 aromatic carbocycles. The summed E-state index contributed by atoms with van der Waals surface area (Å²) in [5, 5.41) is 6.28. The van der Waals surface area contributed by atoms with Crippen LogP contribution in [0.2, 0.25) is 5.02 Å². The Morgan fingerprint density at radius 3 is 2.11 bits per heavy atom. The zero-order valence-electron chi connectivity index (χ0n) is 13.4. The molecule has 0 spiro atoms. The lowest BCUT2D eigenvalue weighted by Crippen LogP contribution is -2.12. The fourth-order valence-electron chi connectivity index (χ4n) is 2.17. The first-order valence-corrected chi connectivity index (χ1v) is 7.87. The molecule has 1 N–H and O–H groups in total. The average molecular weight is 395 g/mol. The molecule has 0 aliphatic carbocycles. The molecule has 3 aromatic rings. The molecule has 0 bridgehead atoms. The minimum absolute atomic E-state index is 0.0986. The standard InChI is InChI=1S/C18H10ClF3N2O3/c19-12-5-1-11(2-6-12)17(26)23-13-7-3-10(4-8-13)16(25)14-9-15(27-24-14)18(20,21)22/h1-9H,(H,23,26). The van der Waals surface area contributed by atoms with E-state index in [1.54, 1.807) is 24.3 Å². The van der Waals surface area contributed by atoms with E-state index < -0.39 is 23.4 Å². The highest BCUT2D eigenvalue weighted by Crippen LogP contribution is 2.30. The average Bonchev–Trinajstić information content (AvgIpc) is 3.13. The summed E-state index contributed by atoms with van der Waals surface area (Å²) in [5.74, 6) is -2.46. The van der Waals surface area contributed by atoms with Crippen LogP contribution in [0.3, 0.4) is 0 Å². The van der Waals surface area contributed by atoms with Crippen LogP contribution in [0, 0.1) is 0 Å². The summed E-state index contributed by atoms with van der Waals surface area (Å²) in [6, 6.07) is 12.4. The van der Waals surface area contributed by atoms with Crippen LogP contribution in [0.5, 0.6) is 0 Å². The summed E-state index contributed by atoms with van der Waals surface area (Å²) in [7, 11) is 0. The van der Waals surface area contributed by atoms with Gasteiger partial charge in [0.25, 0.3) is 5.91 Å². The van der Waals surface area contributed by atoms with Crippen LogP contribution in [0.15, 0.2) is 59.1 Å². The van der Waals surface area contributed by atoms with Crippen LogP contribution in [-0.2, 0) is 6.18 Å². The van der Waals surface area contributed by atoms with Crippen molar-refractivity contribution in [3.63, 3.8) is 0 Å². The van der Waals surface area contributed by atoms with Crippen molar-refractivity contribution >= 4 is 29.0 Å².